The number of thiophene rings is 1. The largest absolute Gasteiger partial charge is 0.326 e. The van der Waals surface area contributed by atoms with Gasteiger partial charge in [0, 0.05) is 12.7 Å². The third-order valence-corrected chi connectivity index (χ3v) is 4.81. The van der Waals surface area contributed by atoms with Crippen LogP contribution in [-0.2, 0) is 16.6 Å². The van der Waals surface area contributed by atoms with Crippen molar-refractivity contribution in [2.24, 2.45) is 5.73 Å². The maximum absolute atomic E-state index is 11.9. The third kappa shape index (κ3) is 2.82. The highest BCUT2D eigenvalue weighted by atomic mass is 32.2. The zero-order valence-electron chi connectivity index (χ0n) is 8.83. The molecule has 90 valence electrons. The van der Waals surface area contributed by atoms with Crippen molar-refractivity contribution in [1.82, 2.24) is 4.98 Å². The van der Waals surface area contributed by atoms with E-state index in [0.29, 0.717) is 6.54 Å². The Morgan fingerprint density at radius 2 is 2.18 bits per heavy atom. The lowest BCUT2D eigenvalue weighted by Crippen LogP contribution is -2.12. The number of hydrogen-bond donors (Lipinski definition) is 2. The fourth-order valence-electron chi connectivity index (χ4n) is 1.21. The number of nitrogens with two attached hydrogens (primary N) is 1. The molecule has 3 N–H and O–H groups in total. The van der Waals surface area contributed by atoms with Crippen molar-refractivity contribution >= 4 is 27.2 Å². The summed E-state index contributed by atoms with van der Waals surface area (Å²) < 4.78 is 26.4. The van der Waals surface area contributed by atoms with Crippen LogP contribution in [0.5, 0.6) is 0 Å². The standard InChI is InChI=1S/C10H11N3O2S2/c11-6-8-3-4-9(12-7-8)13-17(14,15)10-2-1-5-16-10/h1-5,7H,6,11H2,(H,12,13). The van der Waals surface area contributed by atoms with Crippen LogP contribution in [0.1, 0.15) is 5.56 Å². The van der Waals surface area contributed by atoms with Crippen LogP contribution in [0.15, 0.2) is 40.1 Å². The summed E-state index contributed by atoms with van der Waals surface area (Å²) in [7, 11) is -3.51. The van der Waals surface area contributed by atoms with Gasteiger partial charge >= 0.3 is 0 Å². The Labute approximate surface area is 103 Å². The van der Waals surface area contributed by atoms with Gasteiger partial charge in [-0.05, 0) is 23.1 Å². The zero-order valence-corrected chi connectivity index (χ0v) is 10.5. The van der Waals surface area contributed by atoms with E-state index in [9.17, 15) is 8.42 Å². The first-order chi connectivity index (χ1) is 8.12. The molecule has 0 aromatic carbocycles. The molecule has 0 spiro atoms. The highest BCUT2D eigenvalue weighted by Crippen LogP contribution is 2.18. The van der Waals surface area contributed by atoms with Crippen LogP contribution in [-0.4, -0.2) is 13.4 Å². The van der Waals surface area contributed by atoms with Crippen LogP contribution in [0, 0.1) is 0 Å². The number of nitrogens with one attached hydrogen (secondary N) is 1. The number of nitrogens with zero attached hydrogens (tertiary/aromatic N) is 1. The van der Waals surface area contributed by atoms with Gasteiger partial charge in [0.05, 0.1) is 0 Å². The minimum atomic E-state index is -3.51. The van der Waals surface area contributed by atoms with E-state index in [4.69, 9.17) is 5.73 Å². The molecule has 2 heterocycles. The summed E-state index contributed by atoms with van der Waals surface area (Å²) >= 11 is 1.16. The summed E-state index contributed by atoms with van der Waals surface area (Å²) in [6.45, 7) is 0.380. The molecule has 17 heavy (non-hydrogen) atoms. The fourth-order valence-corrected chi connectivity index (χ4v) is 3.21. The first kappa shape index (κ1) is 12.0. The molecule has 7 heteroatoms. The summed E-state index contributed by atoms with van der Waals surface area (Å²) in [5.74, 6) is 0.288. The molecule has 2 aromatic heterocycles. The second kappa shape index (κ2) is 4.82. The molecule has 0 bridgehead atoms. The van der Waals surface area contributed by atoms with E-state index in [1.165, 1.54) is 0 Å². The SMILES string of the molecule is NCc1ccc(NS(=O)(=O)c2cccs2)nc1. The van der Waals surface area contributed by atoms with Crippen molar-refractivity contribution in [1.29, 1.82) is 0 Å². The molecule has 0 aliphatic heterocycles. The molecule has 0 fully saturated rings. The zero-order chi connectivity index (χ0) is 12.3. The van der Waals surface area contributed by atoms with Gasteiger partial charge in [-0.2, -0.15) is 0 Å². The van der Waals surface area contributed by atoms with E-state index in [-0.39, 0.29) is 10.0 Å². The molecular formula is C10H11N3O2S2. The van der Waals surface area contributed by atoms with Crippen molar-refractivity contribution in [3.8, 4) is 0 Å². The molecule has 0 radical (unpaired) electrons. The normalized spacial score (nSPS) is 11.4. The second-order valence-electron chi connectivity index (χ2n) is 3.29. The van der Waals surface area contributed by atoms with E-state index in [0.717, 1.165) is 16.9 Å². The van der Waals surface area contributed by atoms with Crippen LogP contribution >= 0.6 is 11.3 Å². The van der Waals surface area contributed by atoms with Gasteiger partial charge in [-0.3, -0.25) is 4.72 Å². The Morgan fingerprint density at radius 1 is 1.35 bits per heavy atom. The Kier molecular flexibility index (Phi) is 3.41. The molecule has 0 amide bonds. The first-order valence-electron chi connectivity index (χ1n) is 4.83. The van der Waals surface area contributed by atoms with Gasteiger partial charge in [-0.15, -0.1) is 11.3 Å². The van der Waals surface area contributed by atoms with Gasteiger partial charge in [-0.25, -0.2) is 13.4 Å². The molecule has 5 nitrogen and oxygen atoms in total. The number of sulfonamides is 1. The smallest absolute Gasteiger partial charge is 0.272 e. The van der Waals surface area contributed by atoms with Crippen molar-refractivity contribution in [3.05, 3.63) is 41.4 Å². The quantitative estimate of drug-likeness (QED) is 0.878. The molecule has 0 unspecified atom stereocenters. The maximum Gasteiger partial charge on any atom is 0.272 e. The monoisotopic (exact) mass is 269 g/mol. The molecule has 0 saturated heterocycles. The molecule has 0 aliphatic carbocycles. The number of rotatable bonds is 4. The molecular weight excluding hydrogens is 258 g/mol. The van der Waals surface area contributed by atoms with Crippen molar-refractivity contribution in [2.45, 2.75) is 10.8 Å². The Balaban J connectivity index is 2.21. The number of anilines is 1. The van der Waals surface area contributed by atoms with Gasteiger partial charge < -0.3 is 5.73 Å². The van der Waals surface area contributed by atoms with E-state index >= 15 is 0 Å². The maximum atomic E-state index is 11.9. The van der Waals surface area contributed by atoms with Crippen LogP contribution in [0.25, 0.3) is 0 Å². The molecule has 2 aromatic rings. The van der Waals surface area contributed by atoms with E-state index in [1.54, 1.807) is 35.8 Å². The fraction of sp³-hybridized carbons (Fsp3) is 0.100. The molecule has 2 rings (SSSR count). The van der Waals surface area contributed by atoms with Crippen molar-refractivity contribution < 1.29 is 8.42 Å². The number of hydrogen-bond acceptors (Lipinski definition) is 5. The lowest BCUT2D eigenvalue weighted by Gasteiger charge is -2.05. The van der Waals surface area contributed by atoms with Crippen molar-refractivity contribution in [2.75, 3.05) is 4.72 Å². The van der Waals surface area contributed by atoms with Crippen molar-refractivity contribution in [3.63, 3.8) is 0 Å². The first-order valence-corrected chi connectivity index (χ1v) is 7.19. The number of pyridine rings is 1. The summed E-state index contributed by atoms with van der Waals surface area (Å²) in [4.78, 5) is 3.98. The lowest BCUT2D eigenvalue weighted by molar-refractivity contribution is 0.603. The third-order valence-electron chi connectivity index (χ3n) is 2.06. The number of aromatic nitrogens is 1. The van der Waals surface area contributed by atoms with Crippen LogP contribution in [0.3, 0.4) is 0 Å². The van der Waals surface area contributed by atoms with Gasteiger partial charge in [0.1, 0.15) is 10.0 Å². The van der Waals surface area contributed by atoms with Gasteiger partial charge in [0.2, 0.25) is 0 Å². The van der Waals surface area contributed by atoms with Crippen LogP contribution in [0.4, 0.5) is 5.82 Å². The minimum absolute atomic E-state index is 0.266. The van der Waals surface area contributed by atoms with Gasteiger partial charge in [-0.1, -0.05) is 12.1 Å². The predicted octanol–water partition coefficient (Wildman–Crippen LogP) is 1.40. The average Bonchev–Trinajstić information content (AvgIpc) is 2.84. The van der Waals surface area contributed by atoms with Crippen LogP contribution < -0.4 is 10.5 Å². The summed E-state index contributed by atoms with van der Waals surface area (Å²) in [5.41, 5.74) is 6.28. The van der Waals surface area contributed by atoms with Gasteiger partial charge in [0.25, 0.3) is 10.0 Å². The van der Waals surface area contributed by atoms with E-state index < -0.39 is 10.0 Å². The Hall–Kier alpha value is -1.44. The predicted molar refractivity (Wildman–Crippen MR) is 67.3 cm³/mol. The average molecular weight is 269 g/mol. The molecule has 0 aliphatic rings. The lowest BCUT2D eigenvalue weighted by atomic mass is 10.3. The van der Waals surface area contributed by atoms with Gasteiger partial charge in [0.15, 0.2) is 0 Å². The Bertz CT molecular complexity index is 577. The van der Waals surface area contributed by atoms with E-state index in [1.807, 2.05) is 0 Å². The summed E-state index contributed by atoms with van der Waals surface area (Å²) in [6, 6.07) is 6.55. The second-order valence-corrected chi connectivity index (χ2v) is 6.15. The minimum Gasteiger partial charge on any atom is -0.326 e. The molecule has 0 saturated carbocycles. The summed E-state index contributed by atoms with van der Waals surface area (Å²) in [6.07, 6.45) is 1.55. The van der Waals surface area contributed by atoms with E-state index in [2.05, 4.69) is 9.71 Å². The topological polar surface area (TPSA) is 85.1 Å². The molecule has 0 atom stereocenters. The Morgan fingerprint density at radius 3 is 2.71 bits per heavy atom. The van der Waals surface area contributed by atoms with Crippen LogP contribution in [0.2, 0.25) is 0 Å². The highest BCUT2D eigenvalue weighted by Gasteiger charge is 2.15. The summed E-state index contributed by atoms with van der Waals surface area (Å²) in [5, 5.41) is 1.71. The highest BCUT2D eigenvalue weighted by molar-refractivity contribution is 7.94.